The standard InChI is InChI=1S/C13H19ClN2O/c1-10(2)7-16-13(17)9-15-8-11-5-3-4-6-12(11)14/h3-6,10,15H,7-9H2,1-2H3,(H,16,17). The van der Waals surface area contributed by atoms with Gasteiger partial charge in [-0.05, 0) is 17.5 Å². The summed E-state index contributed by atoms with van der Waals surface area (Å²) in [4.78, 5) is 11.4. The molecule has 0 fully saturated rings. The molecule has 0 aliphatic heterocycles. The van der Waals surface area contributed by atoms with Crippen molar-refractivity contribution >= 4 is 17.5 Å². The third kappa shape index (κ3) is 5.71. The summed E-state index contributed by atoms with van der Waals surface area (Å²) in [5.41, 5.74) is 1.01. The van der Waals surface area contributed by atoms with Crippen LogP contribution in [0, 0.1) is 5.92 Å². The van der Waals surface area contributed by atoms with E-state index in [1.165, 1.54) is 0 Å². The van der Waals surface area contributed by atoms with Gasteiger partial charge in [-0.1, -0.05) is 43.6 Å². The fourth-order valence-electron chi connectivity index (χ4n) is 1.33. The molecule has 0 saturated heterocycles. The van der Waals surface area contributed by atoms with Crippen LogP contribution in [0.2, 0.25) is 5.02 Å². The van der Waals surface area contributed by atoms with Crippen LogP contribution in [0.1, 0.15) is 19.4 Å². The number of carbonyl (C=O) groups excluding carboxylic acids is 1. The van der Waals surface area contributed by atoms with Crippen molar-refractivity contribution in [3.63, 3.8) is 0 Å². The van der Waals surface area contributed by atoms with Crippen LogP contribution in [0.25, 0.3) is 0 Å². The van der Waals surface area contributed by atoms with Crippen LogP contribution < -0.4 is 10.6 Å². The molecule has 94 valence electrons. The Kier molecular flexibility index (Phi) is 6.01. The highest BCUT2D eigenvalue weighted by molar-refractivity contribution is 6.31. The van der Waals surface area contributed by atoms with Crippen LogP contribution in [0.5, 0.6) is 0 Å². The summed E-state index contributed by atoms with van der Waals surface area (Å²) in [7, 11) is 0. The van der Waals surface area contributed by atoms with Crippen molar-refractivity contribution in [1.29, 1.82) is 0 Å². The Bertz CT molecular complexity index is 366. The summed E-state index contributed by atoms with van der Waals surface area (Å²) < 4.78 is 0. The molecular weight excluding hydrogens is 236 g/mol. The molecule has 0 heterocycles. The molecule has 0 bridgehead atoms. The molecule has 1 aromatic rings. The van der Waals surface area contributed by atoms with Gasteiger partial charge in [0.05, 0.1) is 6.54 Å². The highest BCUT2D eigenvalue weighted by Crippen LogP contribution is 2.13. The van der Waals surface area contributed by atoms with Gasteiger partial charge in [-0.3, -0.25) is 4.79 Å². The molecule has 0 spiro atoms. The van der Waals surface area contributed by atoms with Crippen LogP contribution in [0.3, 0.4) is 0 Å². The zero-order valence-corrected chi connectivity index (χ0v) is 11.1. The van der Waals surface area contributed by atoms with Gasteiger partial charge in [0.1, 0.15) is 0 Å². The third-order valence-electron chi connectivity index (χ3n) is 2.27. The number of hydrogen-bond acceptors (Lipinski definition) is 2. The number of nitrogens with one attached hydrogen (secondary N) is 2. The largest absolute Gasteiger partial charge is 0.355 e. The van der Waals surface area contributed by atoms with Gasteiger partial charge in [-0.15, -0.1) is 0 Å². The first-order valence-electron chi connectivity index (χ1n) is 5.80. The van der Waals surface area contributed by atoms with E-state index in [0.29, 0.717) is 25.6 Å². The molecule has 17 heavy (non-hydrogen) atoms. The zero-order valence-electron chi connectivity index (χ0n) is 10.3. The maximum Gasteiger partial charge on any atom is 0.233 e. The van der Waals surface area contributed by atoms with Crippen LogP contribution in [0.4, 0.5) is 0 Å². The summed E-state index contributed by atoms with van der Waals surface area (Å²) in [6, 6.07) is 7.61. The van der Waals surface area contributed by atoms with Crippen LogP contribution in [0.15, 0.2) is 24.3 Å². The summed E-state index contributed by atoms with van der Waals surface area (Å²) in [6.45, 7) is 5.77. The molecule has 1 amide bonds. The van der Waals surface area contributed by atoms with Crippen molar-refractivity contribution in [2.75, 3.05) is 13.1 Å². The molecule has 0 saturated carbocycles. The fraction of sp³-hybridized carbons (Fsp3) is 0.462. The number of rotatable bonds is 6. The van der Waals surface area contributed by atoms with Gasteiger partial charge in [0.25, 0.3) is 0 Å². The van der Waals surface area contributed by atoms with Crippen molar-refractivity contribution in [3.8, 4) is 0 Å². The van der Waals surface area contributed by atoms with Gasteiger partial charge in [0, 0.05) is 18.1 Å². The third-order valence-corrected chi connectivity index (χ3v) is 2.64. The number of halogens is 1. The second-order valence-corrected chi connectivity index (χ2v) is 4.80. The minimum absolute atomic E-state index is 0.0192. The van der Waals surface area contributed by atoms with E-state index in [1.807, 2.05) is 24.3 Å². The monoisotopic (exact) mass is 254 g/mol. The van der Waals surface area contributed by atoms with Gasteiger partial charge in [-0.25, -0.2) is 0 Å². The van der Waals surface area contributed by atoms with E-state index in [4.69, 9.17) is 11.6 Å². The highest BCUT2D eigenvalue weighted by Gasteiger charge is 2.03. The maximum absolute atomic E-state index is 11.4. The first-order chi connectivity index (χ1) is 8.09. The lowest BCUT2D eigenvalue weighted by Crippen LogP contribution is -2.35. The molecule has 0 aromatic heterocycles. The lowest BCUT2D eigenvalue weighted by atomic mass is 10.2. The van der Waals surface area contributed by atoms with Crippen LogP contribution >= 0.6 is 11.6 Å². The molecule has 1 rings (SSSR count). The average molecular weight is 255 g/mol. The Hall–Kier alpha value is -1.06. The van der Waals surface area contributed by atoms with E-state index >= 15 is 0 Å². The fourth-order valence-corrected chi connectivity index (χ4v) is 1.54. The molecule has 0 aliphatic carbocycles. The van der Waals surface area contributed by atoms with Crippen molar-refractivity contribution in [3.05, 3.63) is 34.9 Å². The summed E-state index contributed by atoms with van der Waals surface area (Å²) in [5.74, 6) is 0.494. The normalized spacial score (nSPS) is 10.6. The first kappa shape index (κ1) is 14.0. The minimum Gasteiger partial charge on any atom is -0.355 e. The SMILES string of the molecule is CC(C)CNC(=O)CNCc1ccccc1Cl. The Morgan fingerprint density at radius 1 is 1.35 bits per heavy atom. The number of carbonyl (C=O) groups is 1. The van der Waals surface area contributed by atoms with Crippen LogP contribution in [-0.2, 0) is 11.3 Å². The highest BCUT2D eigenvalue weighted by atomic mass is 35.5. The Labute approximate surface area is 108 Å². The molecule has 0 radical (unpaired) electrons. The number of hydrogen-bond donors (Lipinski definition) is 2. The van der Waals surface area contributed by atoms with E-state index in [-0.39, 0.29) is 5.91 Å². The van der Waals surface area contributed by atoms with E-state index < -0.39 is 0 Å². The van der Waals surface area contributed by atoms with Gasteiger partial charge in [0.2, 0.25) is 5.91 Å². The van der Waals surface area contributed by atoms with Crippen LogP contribution in [-0.4, -0.2) is 19.0 Å². The van der Waals surface area contributed by atoms with E-state index in [9.17, 15) is 4.79 Å². The predicted octanol–water partition coefficient (Wildman–Crippen LogP) is 2.20. The average Bonchev–Trinajstić information content (AvgIpc) is 2.29. The maximum atomic E-state index is 11.4. The summed E-state index contributed by atoms with van der Waals surface area (Å²) in [6.07, 6.45) is 0. The molecule has 0 aliphatic rings. The molecule has 0 atom stereocenters. The Morgan fingerprint density at radius 3 is 2.71 bits per heavy atom. The molecule has 4 heteroatoms. The Balaban J connectivity index is 2.24. The van der Waals surface area contributed by atoms with Gasteiger partial charge < -0.3 is 10.6 Å². The van der Waals surface area contributed by atoms with Gasteiger partial charge >= 0.3 is 0 Å². The van der Waals surface area contributed by atoms with Crippen molar-refractivity contribution in [2.45, 2.75) is 20.4 Å². The molecule has 0 unspecified atom stereocenters. The topological polar surface area (TPSA) is 41.1 Å². The molecule has 1 aromatic carbocycles. The lowest BCUT2D eigenvalue weighted by Gasteiger charge is -2.09. The minimum atomic E-state index is 0.0192. The first-order valence-corrected chi connectivity index (χ1v) is 6.18. The van der Waals surface area contributed by atoms with E-state index in [1.54, 1.807) is 0 Å². The van der Waals surface area contributed by atoms with Gasteiger partial charge in [0.15, 0.2) is 0 Å². The van der Waals surface area contributed by atoms with Crippen molar-refractivity contribution in [1.82, 2.24) is 10.6 Å². The second-order valence-electron chi connectivity index (χ2n) is 4.39. The van der Waals surface area contributed by atoms with E-state index in [0.717, 1.165) is 10.6 Å². The molecule has 3 nitrogen and oxygen atoms in total. The van der Waals surface area contributed by atoms with Gasteiger partial charge in [-0.2, -0.15) is 0 Å². The van der Waals surface area contributed by atoms with E-state index in [2.05, 4.69) is 24.5 Å². The van der Waals surface area contributed by atoms with Crippen molar-refractivity contribution < 1.29 is 4.79 Å². The van der Waals surface area contributed by atoms with Crippen molar-refractivity contribution in [2.24, 2.45) is 5.92 Å². The molecule has 2 N–H and O–H groups in total. The summed E-state index contributed by atoms with van der Waals surface area (Å²) >= 11 is 6.00. The number of amides is 1. The lowest BCUT2D eigenvalue weighted by molar-refractivity contribution is -0.120. The predicted molar refractivity (Wildman–Crippen MR) is 71.0 cm³/mol. The second kappa shape index (κ2) is 7.30. The Morgan fingerprint density at radius 2 is 2.06 bits per heavy atom. The summed E-state index contributed by atoms with van der Waals surface area (Å²) in [5, 5.41) is 6.64. The molecular formula is C13H19ClN2O. The zero-order chi connectivity index (χ0) is 12.7. The smallest absolute Gasteiger partial charge is 0.233 e. The number of benzene rings is 1. The quantitative estimate of drug-likeness (QED) is 0.817.